The van der Waals surface area contributed by atoms with E-state index in [-0.39, 0.29) is 5.75 Å². The smallest absolute Gasteiger partial charge is 0.168 e. The molecule has 0 heterocycles. The minimum absolute atomic E-state index is 0.0583. The standard InChI is InChI=1S/C10H13F2NO/c1-14-9-6-8(11)5-7(10(9)12)3-2-4-13/h5-6H,2-4,13H2,1H3. The zero-order valence-electron chi connectivity index (χ0n) is 8.02. The lowest BCUT2D eigenvalue weighted by Crippen LogP contribution is -2.03. The first-order valence-electron chi connectivity index (χ1n) is 4.41. The molecular formula is C10H13F2NO. The Hall–Kier alpha value is -1.16. The van der Waals surface area contributed by atoms with E-state index >= 15 is 0 Å². The van der Waals surface area contributed by atoms with Crippen LogP contribution in [0.3, 0.4) is 0 Å². The van der Waals surface area contributed by atoms with Gasteiger partial charge in [0, 0.05) is 6.07 Å². The van der Waals surface area contributed by atoms with Crippen LogP contribution in [0, 0.1) is 11.6 Å². The highest BCUT2D eigenvalue weighted by molar-refractivity contribution is 5.32. The SMILES string of the molecule is COc1cc(F)cc(CCCN)c1F. The fourth-order valence-electron chi connectivity index (χ4n) is 1.24. The molecule has 0 aliphatic carbocycles. The number of rotatable bonds is 4. The molecule has 0 saturated carbocycles. The maximum absolute atomic E-state index is 13.4. The Morgan fingerprint density at radius 3 is 2.64 bits per heavy atom. The van der Waals surface area contributed by atoms with E-state index in [1.54, 1.807) is 0 Å². The topological polar surface area (TPSA) is 35.2 Å². The van der Waals surface area contributed by atoms with Gasteiger partial charge in [-0.25, -0.2) is 8.78 Å². The van der Waals surface area contributed by atoms with Gasteiger partial charge in [0.05, 0.1) is 7.11 Å². The molecule has 1 rings (SSSR count). The number of benzene rings is 1. The third-order valence-corrected chi connectivity index (χ3v) is 1.95. The third-order valence-electron chi connectivity index (χ3n) is 1.95. The fourth-order valence-corrected chi connectivity index (χ4v) is 1.24. The number of hydrogen-bond acceptors (Lipinski definition) is 2. The summed E-state index contributed by atoms with van der Waals surface area (Å²) in [6.45, 7) is 0.457. The summed E-state index contributed by atoms with van der Waals surface area (Å²) in [6.07, 6.45) is 1.06. The highest BCUT2D eigenvalue weighted by Crippen LogP contribution is 2.22. The van der Waals surface area contributed by atoms with E-state index in [0.717, 1.165) is 6.07 Å². The lowest BCUT2D eigenvalue weighted by Gasteiger charge is -2.07. The molecule has 0 aromatic heterocycles. The summed E-state index contributed by atoms with van der Waals surface area (Å²) in [5.41, 5.74) is 5.60. The molecule has 14 heavy (non-hydrogen) atoms. The van der Waals surface area contributed by atoms with Crippen LogP contribution in [0.1, 0.15) is 12.0 Å². The summed E-state index contributed by atoms with van der Waals surface area (Å²) >= 11 is 0. The molecule has 0 saturated heterocycles. The summed E-state index contributed by atoms with van der Waals surface area (Å²) < 4.78 is 31.1. The molecule has 0 atom stereocenters. The second-order valence-electron chi connectivity index (χ2n) is 2.97. The molecule has 0 amide bonds. The van der Waals surface area contributed by atoms with E-state index in [4.69, 9.17) is 10.5 Å². The van der Waals surface area contributed by atoms with Crippen LogP contribution in [-0.2, 0) is 6.42 Å². The Morgan fingerprint density at radius 1 is 1.36 bits per heavy atom. The highest BCUT2D eigenvalue weighted by Gasteiger charge is 2.10. The third kappa shape index (κ3) is 2.42. The lowest BCUT2D eigenvalue weighted by molar-refractivity contribution is 0.380. The van der Waals surface area contributed by atoms with Gasteiger partial charge in [0.25, 0.3) is 0 Å². The number of hydrogen-bond donors (Lipinski definition) is 1. The summed E-state index contributed by atoms with van der Waals surface area (Å²) in [5.74, 6) is -1.05. The van der Waals surface area contributed by atoms with Crippen LogP contribution in [0.25, 0.3) is 0 Å². The monoisotopic (exact) mass is 201 g/mol. The van der Waals surface area contributed by atoms with Gasteiger partial charge in [-0.1, -0.05) is 0 Å². The number of methoxy groups -OCH3 is 1. The fraction of sp³-hybridized carbons (Fsp3) is 0.400. The van der Waals surface area contributed by atoms with Crippen molar-refractivity contribution in [2.75, 3.05) is 13.7 Å². The first-order chi connectivity index (χ1) is 6.69. The number of nitrogens with two attached hydrogens (primary N) is 1. The van der Waals surface area contributed by atoms with Crippen LogP contribution in [0.4, 0.5) is 8.78 Å². The average molecular weight is 201 g/mol. The first kappa shape index (κ1) is 10.9. The number of halogens is 2. The normalized spacial score (nSPS) is 10.3. The molecule has 0 spiro atoms. The minimum atomic E-state index is -0.498. The lowest BCUT2D eigenvalue weighted by atomic mass is 10.1. The van der Waals surface area contributed by atoms with Crippen LogP contribution in [0.5, 0.6) is 5.75 Å². The van der Waals surface area contributed by atoms with Crippen molar-refractivity contribution in [3.8, 4) is 5.75 Å². The minimum Gasteiger partial charge on any atom is -0.494 e. The quantitative estimate of drug-likeness (QED) is 0.807. The van der Waals surface area contributed by atoms with E-state index < -0.39 is 11.6 Å². The summed E-state index contributed by atoms with van der Waals surface area (Å²) in [6, 6.07) is 2.20. The average Bonchev–Trinajstić information content (AvgIpc) is 2.18. The molecule has 0 aliphatic rings. The van der Waals surface area contributed by atoms with Gasteiger partial charge in [0.1, 0.15) is 5.82 Å². The molecule has 1 aromatic rings. The second-order valence-corrected chi connectivity index (χ2v) is 2.97. The van der Waals surface area contributed by atoms with Crippen LogP contribution >= 0.6 is 0 Å². The van der Waals surface area contributed by atoms with Crippen molar-refractivity contribution in [1.82, 2.24) is 0 Å². The molecule has 0 bridgehead atoms. The van der Waals surface area contributed by atoms with E-state index in [1.807, 2.05) is 0 Å². The van der Waals surface area contributed by atoms with E-state index in [9.17, 15) is 8.78 Å². The van der Waals surface area contributed by atoms with Crippen LogP contribution in [0.15, 0.2) is 12.1 Å². The molecular weight excluding hydrogens is 188 g/mol. The molecule has 0 fully saturated rings. The summed E-state index contributed by atoms with van der Waals surface area (Å²) in [7, 11) is 1.31. The second kappa shape index (κ2) is 4.91. The Labute approximate surface area is 81.7 Å². The molecule has 2 nitrogen and oxygen atoms in total. The van der Waals surface area contributed by atoms with Crippen molar-refractivity contribution in [2.24, 2.45) is 5.73 Å². The molecule has 4 heteroatoms. The Kier molecular flexibility index (Phi) is 3.83. The van der Waals surface area contributed by atoms with Gasteiger partial charge in [-0.05, 0) is 31.0 Å². The van der Waals surface area contributed by atoms with Gasteiger partial charge >= 0.3 is 0 Å². The molecule has 2 N–H and O–H groups in total. The Balaban J connectivity index is 2.96. The molecule has 0 radical (unpaired) electrons. The largest absolute Gasteiger partial charge is 0.494 e. The Morgan fingerprint density at radius 2 is 2.07 bits per heavy atom. The van der Waals surface area contributed by atoms with E-state index in [1.165, 1.54) is 13.2 Å². The maximum atomic E-state index is 13.4. The highest BCUT2D eigenvalue weighted by atomic mass is 19.1. The van der Waals surface area contributed by atoms with E-state index in [2.05, 4.69) is 0 Å². The maximum Gasteiger partial charge on any atom is 0.168 e. The molecule has 78 valence electrons. The van der Waals surface area contributed by atoms with Crippen molar-refractivity contribution in [3.63, 3.8) is 0 Å². The van der Waals surface area contributed by atoms with Gasteiger partial charge in [0.15, 0.2) is 11.6 Å². The molecule has 0 aliphatic heterocycles. The predicted octanol–water partition coefficient (Wildman–Crippen LogP) is 1.86. The summed E-state index contributed by atoms with van der Waals surface area (Å²) in [5, 5.41) is 0. The van der Waals surface area contributed by atoms with Gasteiger partial charge in [-0.2, -0.15) is 0 Å². The van der Waals surface area contributed by atoms with Gasteiger partial charge < -0.3 is 10.5 Å². The number of aryl methyl sites for hydroxylation is 1. The van der Waals surface area contributed by atoms with Crippen molar-refractivity contribution in [3.05, 3.63) is 29.3 Å². The van der Waals surface area contributed by atoms with Crippen molar-refractivity contribution in [1.29, 1.82) is 0 Å². The van der Waals surface area contributed by atoms with E-state index in [0.29, 0.717) is 24.9 Å². The van der Waals surface area contributed by atoms with Gasteiger partial charge in [-0.3, -0.25) is 0 Å². The van der Waals surface area contributed by atoms with Crippen molar-refractivity contribution >= 4 is 0 Å². The molecule has 0 unspecified atom stereocenters. The van der Waals surface area contributed by atoms with Gasteiger partial charge in [0.2, 0.25) is 0 Å². The summed E-state index contributed by atoms with van der Waals surface area (Å²) in [4.78, 5) is 0. The Bertz CT molecular complexity index is 315. The van der Waals surface area contributed by atoms with Crippen molar-refractivity contribution < 1.29 is 13.5 Å². The number of ether oxygens (including phenoxy) is 1. The zero-order chi connectivity index (χ0) is 10.6. The first-order valence-corrected chi connectivity index (χ1v) is 4.41. The van der Waals surface area contributed by atoms with Crippen molar-refractivity contribution in [2.45, 2.75) is 12.8 Å². The molecule has 1 aromatic carbocycles. The van der Waals surface area contributed by atoms with Crippen LogP contribution in [-0.4, -0.2) is 13.7 Å². The zero-order valence-corrected chi connectivity index (χ0v) is 8.02. The van der Waals surface area contributed by atoms with Crippen LogP contribution in [0.2, 0.25) is 0 Å². The van der Waals surface area contributed by atoms with Gasteiger partial charge in [-0.15, -0.1) is 0 Å². The predicted molar refractivity (Wildman–Crippen MR) is 50.3 cm³/mol. The van der Waals surface area contributed by atoms with Crippen LogP contribution < -0.4 is 10.5 Å².